The molecule has 1 aromatic carbocycles. The molecule has 2 N–H and O–H groups in total. The summed E-state index contributed by atoms with van der Waals surface area (Å²) in [6.07, 6.45) is 2.11. The van der Waals surface area contributed by atoms with Gasteiger partial charge >= 0.3 is 0 Å². The summed E-state index contributed by atoms with van der Waals surface area (Å²) in [5, 5.41) is 20.2. The zero-order chi connectivity index (χ0) is 14.1. The van der Waals surface area contributed by atoms with Crippen LogP contribution in [0, 0.1) is 11.3 Å². The van der Waals surface area contributed by atoms with Crippen molar-refractivity contribution in [2.24, 2.45) is 5.92 Å². The third kappa shape index (κ3) is 2.27. The molecule has 1 heterocycles. The molecular weight excluding hydrogens is 272 g/mol. The number of hydrogen-bond donors (Lipinski definition) is 2. The van der Waals surface area contributed by atoms with Crippen LogP contribution in [0.2, 0.25) is 5.02 Å². The maximum atomic E-state index is 8.30. The first-order chi connectivity index (χ1) is 9.72. The van der Waals surface area contributed by atoms with Gasteiger partial charge in [-0.2, -0.15) is 0 Å². The molecule has 0 bridgehead atoms. The summed E-state index contributed by atoms with van der Waals surface area (Å²) in [6.45, 7) is 0. The fourth-order valence-electron chi connectivity index (χ4n) is 2.19. The van der Waals surface area contributed by atoms with Crippen molar-refractivity contribution in [2.75, 3.05) is 12.4 Å². The third-order valence-electron chi connectivity index (χ3n) is 3.45. The van der Waals surface area contributed by atoms with E-state index in [0.29, 0.717) is 33.7 Å². The fraction of sp³-hybridized carbons (Fsp3) is 0.267. The summed E-state index contributed by atoms with van der Waals surface area (Å²) in [6, 6.07) is 9.70. The molecule has 1 saturated carbocycles. The number of nitrogens with zero attached hydrogens (tertiary/aromatic N) is 2. The number of benzene rings is 1. The molecule has 0 radical (unpaired) electrons. The predicted molar refractivity (Wildman–Crippen MR) is 81.6 cm³/mol. The summed E-state index contributed by atoms with van der Waals surface area (Å²) in [4.78, 5) is 0. The Morgan fingerprint density at radius 2 is 1.95 bits per heavy atom. The van der Waals surface area contributed by atoms with Gasteiger partial charge in [0.15, 0.2) is 5.82 Å². The van der Waals surface area contributed by atoms with Gasteiger partial charge in [0.2, 0.25) is 0 Å². The van der Waals surface area contributed by atoms with Crippen LogP contribution < -0.4 is 5.32 Å². The van der Waals surface area contributed by atoms with Crippen molar-refractivity contribution < 1.29 is 0 Å². The van der Waals surface area contributed by atoms with Gasteiger partial charge in [-0.15, -0.1) is 10.2 Å². The van der Waals surface area contributed by atoms with Gasteiger partial charge in [-0.1, -0.05) is 41.9 Å². The molecule has 102 valence electrons. The van der Waals surface area contributed by atoms with Gasteiger partial charge in [0.25, 0.3) is 0 Å². The first kappa shape index (κ1) is 13.1. The summed E-state index contributed by atoms with van der Waals surface area (Å²) >= 11 is 6.51. The van der Waals surface area contributed by atoms with Crippen molar-refractivity contribution in [1.29, 1.82) is 5.41 Å². The highest BCUT2D eigenvalue weighted by Crippen LogP contribution is 2.39. The summed E-state index contributed by atoms with van der Waals surface area (Å²) in [7, 11) is 1.77. The average Bonchev–Trinajstić information content (AvgIpc) is 3.31. The number of halogens is 1. The van der Waals surface area contributed by atoms with Crippen molar-refractivity contribution in [3.8, 4) is 11.3 Å². The molecule has 1 aliphatic rings. The molecule has 20 heavy (non-hydrogen) atoms. The van der Waals surface area contributed by atoms with Crippen LogP contribution in [0.5, 0.6) is 0 Å². The van der Waals surface area contributed by atoms with E-state index < -0.39 is 0 Å². The number of hydrogen-bond acceptors (Lipinski definition) is 4. The molecule has 3 rings (SSSR count). The van der Waals surface area contributed by atoms with E-state index >= 15 is 0 Å². The molecule has 0 amide bonds. The topological polar surface area (TPSA) is 61.7 Å². The minimum absolute atomic E-state index is 0.312. The third-order valence-corrected chi connectivity index (χ3v) is 3.82. The minimum Gasteiger partial charge on any atom is -0.371 e. The molecule has 0 aliphatic heterocycles. The van der Waals surface area contributed by atoms with Gasteiger partial charge in [0.05, 0.1) is 10.6 Å². The lowest BCUT2D eigenvalue weighted by molar-refractivity contribution is 1.03. The summed E-state index contributed by atoms with van der Waals surface area (Å²) < 4.78 is 0. The lowest BCUT2D eigenvalue weighted by Crippen LogP contribution is -2.11. The van der Waals surface area contributed by atoms with E-state index in [1.54, 1.807) is 7.05 Å². The van der Waals surface area contributed by atoms with Gasteiger partial charge in [-0.25, -0.2) is 0 Å². The molecule has 1 aromatic heterocycles. The molecular formula is C15H15ClN4. The lowest BCUT2D eigenvalue weighted by Gasteiger charge is -2.13. The fourth-order valence-corrected chi connectivity index (χ4v) is 2.53. The second-order valence-electron chi connectivity index (χ2n) is 4.89. The van der Waals surface area contributed by atoms with Gasteiger partial charge in [-0.3, -0.25) is 0 Å². The number of aromatic nitrogens is 2. The number of anilines is 1. The van der Waals surface area contributed by atoms with Gasteiger partial charge < -0.3 is 10.7 Å². The van der Waals surface area contributed by atoms with Crippen LogP contribution in [0.1, 0.15) is 18.4 Å². The molecule has 2 aromatic rings. The second kappa shape index (κ2) is 5.21. The van der Waals surface area contributed by atoms with E-state index in [-0.39, 0.29) is 0 Å². The van der Waals surface area contributed by atoms with E-state index in [1.807, 2.05) is 30.3 Å². The van der Waals surface area contributed by atoms with Crippen molar-refractivity contribution in [3.05, 3.63) is 40.9 Å². The quantitative estimate of drug-likeness (QED) is 0.844. The van der Waals surface area contributed by atoms with Gasteiger partial charge in [-0.05, 0) is 12.8 Å². The predicted octanol–water partition coefficient (Wildman–Crippen LogP) is 3.62. The molecule has 5 heteroatoms. The van der Waals surface area contributed by atoms with Crippen LogP contribution in [0.3, 0.4) is 0 Å². The van der Waals surface area contributed by atoms with Crippen LogP contribution in [-0.4, -0.2) is 23.0 Å². The molecule has 0 unspecified atom stereocenters. The van der Waals surface area contributed by atoms with E-state index in [2.05, 4.69) is 15.5 Å². The van der Waals surface area contributed by atoms with Crippen LogP contribution in [0.15, 0.2) is 30.3 Å². The smallest absolute Gasteiger partial charge is 0.159 e. The van der Waals surface area contributed by atoms with Crippen molar-refractivity contribution >= 4 is 23.1 Å². The van der Waals surface area contributed by atoms with Crippen LogP contribution in [0.25, 0.3) is 11.3 Å². The molecule has 1 aliphatic carbocycles. The standard InChI is InChI=1S/C15H15ClN4/c1-18-15-11(13(17)9-7-8-9)12(16)14(19-20-15)10-5-3-2-4-6-10/h2-6,9,17H,7-8H2,1H3,(H,18,20). The van der Waals surface area contributed by atoms with E-state index in [1.165, 1.54) is 0 Å². The number of nitrogens with one attached hydrogen (secondary N) is 2. The monoisotopic (exact) mass is 286 g/mol. The van der Waals surface area contributed by atoms with E-state index in [4.69, 9.17) is 17.0 Å². The van der Waals surface area contributed by atoms with Crippen LogP contribution in [0.4, 0.5) is 5.82 Å². The lowest BCUT2D eigenvalue weighted by atomic mass is 10.0. The first-order valence-corrected chi connectivity index (χ1v) is 6.98. The van der Waals surface area contributed by atoms with Gasteiger partial charge in [0, 0.05) is 24.2 Å². The minimum atomic E-state index is 0.312. The zero-order valence-electron chi connectivity index (χ0n) is 11.2. The maximum absolute atomic E-state index is 8.30. The largest absolute Gasteiger partial charge is 0.371 e. The number of rotatable bonds is 4. The van der Waals surface area contributed by atoms with Crippen molar-refractivity contribution in [3.63, 3.8) is 0 Å². The van der Waals surface area contributed by atoms with Crippen molar-refractivity contribution in [2.45, 2.75) is 12.8 Å². The Morgan fingerprint density at radius 1 is 1.25 bits per heavy atom. The van der Waals surface area contributed by atoms with Crippen LogP contribution in [-0.2, 0) is 0 Å². The average molecular weight is 287 g/mol. The molecule has 1 fully saturated rings. The Morgan fingerprint density at radius 3 is 2.55 bits per heavy atom. The van der Waals surface area contributed by atoms with Crippen molar-refractivity contribution in [1.82, 2.24) is 10.2 Å². The normalized spacial score (nSPS) is 14.1. The Labute approximate surface area is 122 Å². The Bertz CT molecular complexity index is 650. The molecule has 0 atom stereocenters. The highest BCUT2D eigenvalue weighted by molar-refractivity contribution is 6.37. The van der Waals surface area contributed by atoms with Gasteiger partial charge in [0.1, 0.15) is 5.69 Å². The second-order valence-corrected chi connectivity index (χ2v) is 5.27. The summed E-state index contributed by atoms with van der Waals surface area (Å²) in [5.74, 6) is 0.888. The Balaban J connectivity index is 2.14. The highest BCUT2D eigenvalue weighted by atomic mass is 35.5. The Hall–Kier alpha value is -1.94. The van der Waals surface area contributed by atoms with E-state index in [9.17, 15) is 0 Å². The maximum Gasteiger partial charge on any atom is 0.159 e. The van der Waals surface area contributed by atoms with E-state index in [0.717, 1.165) is 18.4 Å². The molecule has 0 saturated heterocycles. The first-order valence-electron chi connectivity index (χ1n) is 6.60. The molecule has 4 nitrogen and oxygen atoms in total. The Kier molecular flexibility index (Phi) is 3.40. The zero-order valence-corrected chi connectivity index (χ0v) is 11.9. The molecule has 0 spiro atoms. The SMILES string of the molecule is CNc1nnc(-c2ccccc2)c(Cl)c1C(=N)C1CC1. The van der Waals surface area contributed by atoms with Crippen LogP contribution >= 0.6 is 11.6 Å². The summed E-state index contributed by atoms with van der Waals surface area (Å²) in [5.41, 5.74) is 2.79. The highest BCUT2D eigenvalue weighted by Gasteiger charge is 2.31.